The number of nitrogens with zero attached hydrogens (tertiary/aromatic N) is 3. The molecule has 31 heavy (non-hydrogen) atoms. The van der Waals surface area contributed by atoms with Gasteiger partial charge >= 0.3 is 0 Å². The predicted molar refractivity (Wildman–Crippen MR) is 112 cm³/mol. The van der Waals surface area contributed by atoms with Crippen molar-refractivity contribution < 1.29 is 22.0 Å². The van der Waals surface area contributed by atoms with Crippen LogP contribution in [0.1, 0.15) is 33.7 Å². The van der Waals surface area contributed by atoms with E-state index in [1.807, 2.05) is 0 Å². The van der Waals surface area contributed by atoms with Crippen LogP contribution in [0.5, 0.6) is 0 Å². The van der Waals surface area contributed by atoms with Crippen molar-refractivity contribution in [2.24, 2.45) is 0 Å². The van der Waals surface area contributed by atoms with Crippen LogP contribution in [0.2, 0.25) is 5.02 Å². The minimum absolute atomic E-state index is 0.00232. The summed E-state index contributed by atoms with van der Waals surface area (Å²) in [5.74, 6) is -1.95. The Balaban J connectivity index is 1.57. The molecule has 1 N–H and O–H groups in total. The predicted octanol–water partition coefficient (Wildman–Crippen LogP) is 4.25. The SMILES string of the molecule is O=C(Nc1ccccc1F)c1nnc([C@H]2CCCN2S(=O)(=O)c2ccc(F)c(Cl)c2)s1. The van der Waals surface area contributed by atoms with E-state index in [9.17, 15) is 22.0 Å². The first-order valence-corrected chi connectivity index (χ1v) is 11.8. The number of halogens is 3. The highest BCUT2D eigenvalue weighted by Gasteiger charge is 2.38. The lowest BCUT2D eigenvalue weighted by atomic mass is 10.2. The number of benzene rings is 2. The summed E-state index contributed by atoms with van der Waals surface area (Å²) in [5.41, 5.74) is 0.00232. The Bertz CT molecular complexity index is 1250. The molecule has 0 saturated carbocycles. The summed E-state index contributed by atoms with van der Waals surface area (Å²) in [4.78, 5) is 12.3. The van der Waals surface area contributed by atoms with Crippen molar-refractivity contribution in [3.63, 3.8) is 0 Å². The van der Waals surface area contributed by atoms with Crippen molar-refractivity contribution >= 4 is 44.6 Å². The van der Waals surface area contributed by atoms with E-state index in [0.29, 0.717) is 17.8 Å². The Morgan fingerprint density at radius 2 is 1.94 bits per heavy atom. The number of aromatic nitrogens is 2. The molecule has 1 atom stereocenters. The van der Waals surface area contributed by atoms with E-state index in [-0.39, 0.29) is 27.2 Å². The summed E-state index contributed by atoms with van der Waals surface area (Å²) in [6.07, 6.45) is 1.06. The topological polar surface area (TPSA) is 92.3 Å². The average Bonchev–Trinajstić information content (AvgIpc) is 3.41. The van der Waals surface area contributed by atoms with Crippen molar-refractivity contribution in [2.45, 2.75) is 23.8 Å². The van der Waals surface area contributed by atoms with Crippen LogP contribution in [0.25, 0.3) is 0 Å². The number of hydrogen-bond donors (Lipinski definition) is 1. The molecule has 2 heterocycles. The number of amides is 1. The van der Waals surface area contributed by atoms with Crippen molar-refractivity contribution in [1.29, 1.82) is 0 Å². The molecule has 0 radical (unpaired) electrons. The van der Waals surface area contributed by atoms with Crippen LogP contribution >= 0.6 is 22.9 Å². The molecule has 0 unspecified atom stereocenters. The number of rotatable bonds is 5. The number of nitrogens with one attached hydrogen (secondary N) is 1. The molecule has 1 aliphatic heterocycles. The summed E-state index contributed by atoms with van der Waals surface area (Å²) in [5, 5.41) is 10.3. The normalized spacial score (nSPS) is 17.1. The van der Waals surface area contributed by atoms with Gasteiger partial charge in [0.2, 0.25) is 15.0 Å². The maximum Gasteiger partial charge on any atom is 0.286 e. The van der Waals surface area contributed by atoms with Crippen molar-refractivity contribution in [3.8, 4) is 0 Å². The van der Waals surface area contributed by atoms with E-state index in [1.165, 1.54) is 22.5 Å². The third-order valence-electron chi connectivity index (χ3n) is 4.74. The van der Waals surface area contributed by atoms with Gasteiger partial charge in [0, 0.05) is 6.54 Å². The zero-order valence-electron chi connectivity index (χ0n) is 15.8. The number of hydrogen-bond acceptors (Lipinski definition) is 6. The van der Waals surface area contributed by atoms with Crippen LogP contribution in [0.4, 0.5) is 14.5 Å². The molecule has 12 heteroatoms. The number of carbonyl (C=O) groups is 1. The van der Waals surface area contributed by atoms with E-state index >= 15 is 0 Å². The second-order valence-electron chi connectivity index (χ2n) is 6.73. The zero-order chi connectivity index (χ0) is 22.2. The molecule has 1 aliphatic rings. The molecular formula is C19H15ClF2N4O3S2. The lowest BCUT2D eigenvalue weighted by molar-refractivity contribution is 0.102. The molecule has 0 bridgehead atoms. The van der Waals surface area contributed by atoms with Gasteiger partial charge in [0.1, 0.15) is 16.6 Å². The fraction of sp³-hybridized carbons (Fsp3) is 0.211. The first-order chi connectivity index (χ1) is 14.8. The van der Waals surface area contributed by atoms with Gasteiger partial charge in [-0.15, -0.1) is 10.2 Å². The Kier molecular flexibility index (Phi) is 6.02. The third-order valence-corrected chi connectivity index (χ3v) is 7.96. The maximum atomic E-state index is 13.8. The van der Waals surface area contributed by atoms with Crippen molar-refractivity contribution in [2.75, 3.05) is 11.9 Å². The molecule has 1 saturated heterocycles. The van der Waals surface area contributed by atoms with Crippen molar-refractivity contribution in [3.05, 3.63) is 69.1 Å². The first kappa shape index (κ1) is 21.8. The van der Waals surface area contributed by atoms with Gasteiger partial charge in [0.25, 0.3) is 5.91 Å². The number of carbonyl (C=O) groups excluding carboxylic acids is 1. The molecule has 4 rings (SSSR count). The quantitative estimate of drug-likeness (QED) is 0.584. The highest BCUT2D eigenvalue weighted by Crippen LogP contribution is 2.38. The van der Waals surface area contributed by atoms with E-state index in [2.05, 4.69) is 15.5 Å². The fourth-order valence-electron chi connectivity index (χ4n) is 3.25. The van der Waals surface area contributed by atoms with Crippen molar-refractivity contribution in [1.82, 2.24) is 14.5 Å². The molecule has 0 spiro atoms. The molecule has 3 aromatic rings. The van der Waals surface area contributed by atoms with Gasteiger partial charge < -0.3 is 5.32 Å². The highest BCUT2D eigenvalue weighted by molar-refractivity contribution is 7.89. The van der Waals surface area contributed by atoms with Gasteiger partial charge in [-0.25, -0.2) is 17.2 Å². The monoisotopic (exact) mass is 484 g/mol. The smallest absolute Gasteiger partial charge is 0.286 e. The third kappa shape index (κ3) is 4.31. The van der Waals surface area contributed by atoms with Gasteiger partial charge in [-0.2, -0.15) is 4.31 Å². The van der Waals surface area contributed by atoms with Gasteiger partial charge in [-0.3, -0.25) is 4.79 Å². The second kappa shape index (κ2) is 8.58. The van der Waals surface area contributed by atoms with Crippen LogP contribution in [0.3, 0.4) is 0 Å². The van der Waals surface area contributed by atoms with Gasteiger partial charge in [-0.1, -0.05) is 35.1 Å². The molecule has 1 aromatic heterocycles. The van der Waals surface area contributed by atoms with Crippen LogP contribution in [0.15, 0.2) is 47.4 Å². The lowest BCUT2D eigenvalue weighted by Crippen LogP contribution is -2.30. The molecular weight excluding hydrogens is 470 g/mol. The minimum atomic E-state index is -3.97. The summed E-state index contributed by atoms with van der Waals surface area (Å²) in [6.45, 7) is 0.234. The van der Waals surface area contributed by atoms with E-state index < -0.39 is 33.6 Å². The molecule has 1 fully saturated rings. The Morgan fingerprint density at radius 3 is 2.68 bits per heavy atom. The van der Waals surface area contributed by atoms with Gasteiger partial charge in [0.15, 0.2) is 0 Å². The van der Waals surface area contributed by atoms with Crippen LogP contribution in [-0.2, 0) is 10.0 Å². The lowest BCUT2D eigenvalue weighted by Gasteiger charge is -2.22. The maximum absolute atomic E-state index is 13.8. The zero-order valence-corrected chi connectivity index (χ0v) is 18.1. The van der Waals surface area contributed by atoms with Crippen LogP contribution in [0, 0.1) is 11.6 Å². The highest BCUT2D eigenvalue weighted by atomic mass is 35.5. The summed E-state index contributed by atoms with van der Waals surface area (Å²) < 4.78 is 54.6. The molecule has 2 aromatic carbocycles. The summed E-state index contributed by atoms with van der Waals surface area (Å²) >= 11 is 6.68. The van der Waals surface area contributed by atoms with Crippen LogP contribution in [-0.4, -0.2) is 35.4 Å². The molecule has 1 amide bonds. The van der Waals surface area contributed by atoms with Crippen LogP contribution < -0.4 is 5.32 Å². The fourth-order valence-corrected chi connectivity index (χ4v) is 6.13. The molecule has 7 nitrogen and oxygen atoms in total. The Morgan fingerprint density at radius 1 is 1.16 bits per heavy atom. The average molecular weight is 485 g/mol. The van der Waals surface area contributed by atoms with E-state index in [1.54, 1.807) is 6.07 Å². The standard InChI is InChI=1S/C19H15ClF2N4O3S2/c20-12-10-11(7-8-13(12)21)31(28,29)26-9-3-6-16(26)18-24-25-19(30-18)17(27)23-15-5-2-1-4-14(15)22/h1-2,4-5,7-8,10,16H,3,6,9H2,(H,23,27)/t16-/m1/s1. The summed E-state index contributed by atoms with van der Waals surface area (Å²) in [7, 11) is -3.97. The first-order valence-electron chi connectivity index (χ1n) is 9.13. The number of anilines is 1. The number of para-hydroxylation sites is 1. The Labute approximate surface area is 185 Å². The van der Waals surface area contributed by atoms with E-state index in [0.717, 1.165) is 29.5 Å². The molecule has 162 valence electrons. The van der Waals surface area contributed by atoms with E-state index in [4.69, 9.17) is 11.6 Å². The van der Waals surface area contributed by atoms with Gasteiger partial charge in [-0.05, 0) is 43.2 Å². The Hall–Kier alpha value is -2.47. The second-order valence-corrected chi connectivity index (χ2v) is 10.0. The largest absolute Gasteiger partial charge is 0.317 e. The minimum Gasteiger partial charge on any atom is -0.317 e. The number of sulfonamides is 1. The van der Waals surface area contributed by atoms with Gasteiger partial charge in [0.05, 0.1) is 21.6 Å². The molecule has 0 aliphatic carbocycles. The summed E-state index contributed by atoms with van der Waals surface area (Å²) in [6, 6.07) is 8.29.